The van der Waals surface area contributed by atoms with E-state index in [1.807, 2.05) is 0 Å². The van der Waals surface area contributed by atoms with E-state index in [2.05, 4.69) is 9.84 Å². The molecule has 1 amide bonds. The van der Waals surface area contributed by atoms with Crippen molar-refractivity contribution in [3.8, 4) is 5.75 Å². The Morgan fingerprint density at radius 2 is 1.66 bits per heavy atom. The van der Waals surface area contributed by atoms with Crippen LogP contribution in [0.15, 0.2) is 36.4 Å². The zero-order chi connectivity index (χ0) is 22.2. The van der Waals surface area contributed by atoms with E-state index in [1.165, 1.54) is 6.07 Å². The molecule has 0 saturated carbocycles. The van der Waals surface area contributed by atoms with E-state index >= 15 is 0 Å². The van der Waals surface area contributed by atoms with E-state index < -0.39 is 42.5 Å². The van der Waals surface area contributed by atoms with Gasteiger partial charge in [0.15, 0.2) is 0 Å². The Morgan fingerprint density at radius 1 is 1.07 bits per heavy atom. The SMILES string of the molecule is CC(C)(F)c1cc(NC(=O)c2cc(Cl)ccc2OP(=O)(O)O)cc(C(F)(F)F)c1. The van der Waals surface area contributed by atoms with Gasteiger partial charge < -0.3 is 9.84 Å². The summed E-state index contributed by atoms with van der Waals surface area (Å²) < 4.78 is 69.1. The summed E-state index contributed by atoms with van der Waals surface area (Å²) in [6.45, 7) is 2.11. The molecular formula is C17H15ClF4NO5P. The van der Waals surface area contributed by atoms with Crippen LogP contribution in [-0.2, 0) is 16.4 Å². The van der Waals surface area contributed by atoms with Crippen LogP contribution in [0.1, 0.15) is 35.3 Å². The molecule has 0 fully saturated rings. The average Bonchev–Trinajstić information content (AvgIpc) is 2.53. The molecule has 3 N–H and O–H groups in total. The Hall–Kier alpha value is -2.13. The zero-order valence-electron chi connectivity index (χ0n) is 14.9. The number of benzene rings is 2. The molecule has 0 aliphatic carbocycles. The van der Waals surface area contributed by atoms with E-state index in [4.69, 9.17) is 21.4 Å². The first-order valence-corrected chi connectivity index (χ1v) is 9.75. The van der Waals surface area contributed by atoms with Crippen LogP contribution < -0.4 is 9.84 Å². The van der Waals surface area contributed by atoms with E-state index in [1.54, 1.807) is 0 Å². The molecule has 0 saturated heterocycles. The molecular weight excluding hydrogens is 441 g/mol. The van der Waals surface area contributed by atoms with Crippen molar-refractivity contribution in [3.05, 3.63) is 58.1 Å². The van der Waals surface area contributed by atoms with Crippen LogP contribution in [0.2, 0.25) is 5.02 Å². The minimum Gasteiger partial charge on any atom is -0.403 e. The molecule has 0 aromatic heterocycles. The van der Waals surface area contributed by atoms with Crippen molar-refractivity contribution in [2.75, 3.05) is 5.32 Å². The molecule has 0 radical (unpaired) electrons. The second kappa shape index (κ2) is 7.95. The van der Waals surface area contributed by atoms with Crippen molar-refractivity contribution in [1.82, 2.24) is 0 Å². The van der Waals surface area contributed by atoms with Gasteiger partial charge in [-0.1, -0.05) is 11.6 Å². The second-order valence-electron chi connectivity index (χ2n) is 6.45. The monoisotopic (exact) mass is 455 g/mol. The van der Waals surface area contributed by atoms with Gasteiger partial charge in [-0.3, -0.25) is 14.6 Å². The third-order valence-electron chi connectivity index (χ3n) is 3.61. The summed E-state index contributed by atoms with van der Waals surface area (Å²) in [6, 6.07) is 5.45. The number of hydrogen-bond donors (Lipinski definition) is 3. The lowest BCUT2D eigenvalue weighted by Crippen LogP contribution is -2.17. The number of amides is 1. The number of phosphoric ester groups is 1. The first kappa shape index (κ1) is 23.2. The molecule has 0 heterocycles. The molecule has 0 spiro atoms. The number of alkyl halides is 4. The summed E-state index contributed by atoms with van der Waals surface area (Å²) in [5, 5.41) is 2.14. The number of phosphoric acid groups is 1. The number of carbonyl (C=O) groups is 1. The highest BCUT2D eigenvalue weighted by atomic mass is 35.5. The Bertz CT molecular complexity index is 953. The Balaban J connectivity index is 2.48. The van der Waals surface area contributed by atoms with Crippen molar-refractivity contribution in [2.24, 2.45) is 0 Å². The zero-order valence-corrected chi connectivity index (χ0v) is 16.6. The fourth-order valence-corrected chi connectivity index (χ4v) is 2.88. The van der Waals surface area contributed by atoms with Crippen molar-refractivity contribution in [2.45, 2.75) is 25.7 Å². The van der Waals surface area contributed by atoms with Gasteiger partial charge in [0.05, 0.1) is 11.1 Å². The molecule has 2 aromatic carbocycles. The third-order valence-corrected chi connectivity index (χ3v) is 4.28. The number of hydrogen-bond acceptors (Lipinski definition) is 3. The fourth-order valence-electron chi connectivity index (χ4n) is 2.29. The summed E-state index contributed by atoms with van der Waals surface area (Å²) in [6.07, 6.45) is -4.80. The first-order valence-electron chi connectivity index (χ1n) is 7.84. The van der Waals surface area contributed by atoms with Crippen LogP contribution in [0.3, 0.4) is 0 Å². The second-order valence-corrected chi connectivity index (χ2v) is 8.05. The van der Waals surface area contributed by atoms with Crippen LogP contribution in [0.4, 0.5) is 23.2 Å². The topological polar surface area (TPSA) is 95.9 Å². The number of carbonyl (C=O) groups excluding carboxylic acids is 1. The number of halogens is 5. The molecule has 0 aliphatic rings. The van der Waals surface area contributed by atoms with Crippen molar-refractivity contribution < 1.29 is 41.2 Å². The predicted octanol–water partition coefficient (Wildman–Crippen LogP) is 5.29. The van der Waals surface area contributed by atoms with Crippen LogP contribution in [0, 0.1) is 0 Å². The highest BCUT2D eigenvalue weighted by molar-refractivity contribution is 7.46. The maximum atomic E-state index is 14.2. The van der Waals surface area contributed by atoms with Gasteiger partial charge in [0.2, 0.25) is 0 Å². The number of anilines is 1. The van der Waals surface area contributed by atoms with Gasteiger partial charge in [-0.05, 0) is 55.8 Å². The summed E-state index contributed by atoms with van der Waals surface area (Å²) in [4.78, 5) is 30.4. The predicted molar refractivity (Wildman–Crippen MR) is 97.7 cm³/mol. The van der Waals surface area contributed by atoms with Crippen molar-refractivity contribution in [3.63, 3.8) is 0 Å². The molecule has 158 valence electrons. The standard InChI is InChI=1S/C17H15ClF4NO5P/c1-16(2,19)9-5-10(17(20,21)22)7-12(6-9)23-15(24)13-8-11(18)3-4-14(13)28-29(25,26)27/h3-8H,1-2H3,(H,23,24)(H2,25,26,27). The van der Waals surface area contributed by atoms with Crippen LogP contribution in [-0.4, -0.2) is 15.7 Å². The average molecular weight is 456 g/mol. The molecule has 6 nitrogen and oxygen atoms in total. The van der Waals surface area contributed by atoms with E-state index in [9.17, 15) is 26.9 Å². The molecule has 12 heteroatoms. The van der Waals surface area contributed by atoms with Crippen molar-refractivity contribution >= 4 is 31.0 Å². The molecule has 2 rings (SSSR count). The molecule has 0 unspecified atom stereocenters. The quantitative estimate of drug-likeness (QED) is 0.421. The smallest absolute Gasteiger partial charge is 0.403 e. The Labute approximate surface area is 167 Å². The lowest BCUT2D eigenvalue weighted by atomic mass is 9.97. The van der Waals surface area contributed by atoms with Gasteiger partial charge in [-0.2, -0.15) is 13.2 Å². The minimum atomic E-state index is -5.03. The normalized spacial score (nSPS) is 12.6. The summed E-state index contributed by atoms with van der Waals surface area (Å²) in [5.74, 6) is -1.61. The molecule has 0 atom stereocenters. The lowest BCUT2D eigenvalue weighted by Gasteiger charge is -2.19. The van der Waals surface area contributed by atoms with Crippen LogP contribution >= 0.6 is 19.4 Å². The van der Waals surface area contributed by atoms with Gasteiger partial charge in [0.25, 0.3) is 5.91 Å². The maximum Gasteiger partial charge on any atom is 0.524 e. The largest absolute Gasteiger partial charge is 0.524 e. The number of nitrogens with one attached hydrogen (secondary N) is 1. The highest BCUT2D eigenvalue weighted by Crippen LogP contribution is 2.40. The van der Waals surface area contributed by atoms with E-state index in [-0.39, 0.29) is 16.3 Å². The van der Waals surface area contributed by atoms with Crippen molar-refractivity contribution in [1.29, 1.82) is 0 Å². The van der Waals surface area contributed by atoms with Crippen LogP contribution in [0.25, 0.3) is 0 Å². The maximum absolute atomic E-state index is 14.2. The van der Waals surface area contributed by atoms with Gasteiger partial charge in [-0.25, -0.2) is 8.96 Å². The molecule has 0 aliphatic heterocycles. The fraction of sp³-hybridized carbons (Fsp3) is 0.235. The highest BCUT2D eigenvalue weighted by Gasteiger charge is 2.33. The van der Waals surface area contributed by atoms with E-state index in [0.717, 1.165) is 32.0 Å². The number of rotatable bonds is 5. The molecule has 0 bridgehead atoms. The van der Waals surface area contributed by atoms with Gasteiger partial charge >= 0.3 is 14.0 Å². The Morgan fingerprint density at radius 3 is 2.17 bits per heavy atom. The Kier molecular flexibility index (Phi) is 6.34. The molecule has 2 aromatic rings. The minimum absolute atomic E-state index is 0.00262. The lowest BCUT2D eigenvalue weighted by molar-refractivity contribution is -0.137. The molecule has 29 heavy (non-hydrogen) atoms. The van der Waals surface area contributed by atoms with E-state index in [0.29, 0.717) is 12.1 Å². The summed E-state index contributed by atoms with van der Waals surface area (Å²) in [5.41, 5.74) is -4.48. The van der Waals surface area contributed by atoms with Crippen LogP contribution in [0.5, 0.6) is 5.75 Å². The summed E-state index contributed by atoms with van der Waals surface area (Å²) in [7, 11) is -5.03. The van der Waals surface area contributed by atoms with Gasteiger partial charge in [-0.15, -0.1) is 0 Å². The third kappa shape index (κ3) is 6.43. The summed E-state index contributed by atoms with van der Waals surface area (Å²) >= 11 is 5.78. The van der Waals surface area contributed by atoms with Gasteiger partial charge in [0.1, 0.15) is 11.4 Å². The van der Waals surface area contributed by atoms with Gasteiger partial charge in [0, 0.05) is 10.7 Å². The first-order chi connectivity index (χ1) is 13.1.